The van der Waals surface area contributed by atoms with Gasteiger partial charge in [-0.2, -0.15) is 0 Å². The predicted molar refractivity (Wildman–Crippen MR) is 125 cm³/mol. The molecule has 0 amide bonds. The average molecular weight is 441 g/mol. The van der Waals surface area contributed by atoms with Crippen molar-refractivity contribution >= 4 is 28.3 Å². The zero-order valence-corrected chi connectivity index (χ0v) is 18.3. The molecule has 0 N–H and O–H groups in total. The third-order valence-corrected chi connectivity index (χ3v) is 6.27. The molecule has 2 aromatic carbocycles. The molecule has 0 fully saturated rings. The van der Waals surface area contributed by atoms with Gasteiger partial charge in [-0.15, -0.1) is 11.3 Å². The van der Waals surface area contributed by atoms with Crippen LogP contribution in [0, 0.1) is 6.92 Å². The van der Waals surface area contributed by atoms with Crippen LogP contribution in [-0.2, 0) is 11.3 Å². The molecular formula is C26H20N2O3S. The fraction of sp³-hybridized carbons (Fsp3) is 0.115. The van der Waals surface area contributed by atoms with Crippen molar-refractivity contribution in [2.45, 2.75) is 13.5 Å². The summed E-state index contributed by atoms with van der Waals surface area (Å²) >= 11 is 1.54. The summed E-state index contributed by atoms with van der Waals surface area (Å²) in [5.74, 6) is 0.560. The molecule has 158 valence electrons. The fourth-order valence-corrected chi connectivity index (χ4v) is 4.68. The van der Waals surface area contributed by atoms with Crippen molar-refractivity contribution in [2.24, 2.45) is 0 Å². The van der Waals surface area contributed by atoms with Crippen LogP contribution >= 0.6 is 11.3 Å². The van der Waals surface area contributed by atoms with Crippen molar-refractivity contribution in [1.82, 2.24) is 9.97 Å². The number of benzene rings is 2. The standard InChI is InChI=1S/C26H20N2O3S/c1-17-26(32-15-28-17)24-21-10-9-20(31-16-30-14-18-6-3-2-4-7-18)12-22(21)25(29)23(24)19-8-5-11-27-13-19/h2-13,15H,14,16H2,1H3. The van der Waals surface area contributed by atoms with Gasteiger partial charge in [0, 0.05) is 34.7 Å². The Kier molecular flexibility index (Phi) is 5.62. The molecule has 2 aromatic heterocycles. The van der Waals surface area contributed by atoms with Gasteiger partial charge >= 0.3 is 0 Å². The van der Waals surface area contributed by atoms with Gasteiger partial charge in [0.1, 0.15) is 5.75 Å². The van der Waals surface area contributed by atoms with Gasteiger partial charge in [-0.05, 0) is 42.3 Å². The number of aromatic nitrogens is 2. The topological polar surface area (TPSA) is 61.3 Å². The van der Waals surface area contributed by atoms with Gasteiger partial charge in [0.15, 0.2) is 12.6 Å². The number of nitrogens with zero attached hydrogens (tertiary/aromatic N) is 2. The Balaban J connectivity index is 1.42. The molecule has 0 aliphatic heterocycles. The summed E-state index contributed by atoms with van der Waals surface area (Å²) in [5.41, 5.74) is 7.65. The Morgan fingerprint density at radius 2 is 1.84 bits per heavy atom. The molecule has 5 nitrogen and oxygen atoms in total. The lowest BCUT2D eigenvalue weighted by atomic mass is 9.99. The maximum Gasteiger partial charge on any atom is 0.195 e. The number of ether oxygens (including phenoxy) is 2. The molecule has 0 bridgehead atoms. The van der Waals surface area contributed by atoms with Gasteiger partial charge in [-0.1, -0.05) is 36.4 Å². The third kappa shape index (κ3) is 3.86. The van der Waals surface area contributed by atoms with E-state index < -0.39 is 0 Å². The fourth-order valence-electron chi connectivity index (χ4n) is 3.81. The van der Waals surface area contributed by atoms with Crippen molar-refractivity contribution in [3.05, 3.63) is 111 Å². The van der Waals surface area contributed by atoms with E-state index in [1.54, 1.807) is 18.5 Å². The van der Waals surface area contributed by atoms with Crippen molar-refractivity contribution < 1.29 is 14.3 Å². The molecule has 1 aliphatic rings. The first-order valence-corrected chi connectivity index (χ1v) is 11.1. The monoisotopic (exact) mass is 440 g/mol. The van der Waals surface area contributed by atoms with Crippen LogP contribution in [0.4, 0.5) is 0 Å². The molecule has 0 saturated carbocycles. The number of Topliss-reactive ketones (excluding diaryl/α,β-unsaturated/α-hetero) is 1. The van der Waals surface area contributed by atoms with Crippen molar-refractivity contribution in [1.29, 1.82) is 0 Å². The minimum Gasteiger partial charge on any atom is -0.468 e. The molecule has 0 spiro atoms. The maximum absolute atomic E-state index is 13.5. The second-order valence-corrected chi connectivity index (χ2v) is 8.25. The molecule has 6 heteroatoms. The van der Waals surface area contributed by atoms with Crippen molar-refractivity contribution in [3.63, 3.8) is 0 Å². The highest BCUT2D eigenvalue weighted by Gasteiger charge is 2.33. The van der Waals surface area contributed by atoms with Crippen LogP contribution in [0.5, 0.6) is 5.75 Å². The summed E-state index contributed by atoms with van der Waals surface area (Å²) in [6.45, 7) is 2.53. The number of aryl methyl sites for hydroxylation is 1. The zero-order valence-electron chi connectivity index (χ0n) is 17.4. The van der Waals surface area contributed by atoms with E-state index in [0.29, 0.717) is 23.5 Å². The lowest BCUT2D eigenvalue weighted by Gasteiger charge is -2.10. The number of allylic oxidation sites excluding steroid dienone is 1. The van der Waals surface area contributed by atoms with Crippen LogP contribution in [0.3, 0.4) is 0 Å². The Hall–Kier alpha value is -3.61. The van der Waals surface area contributed by atoms with E-state index in [4.69, 9.17) is 9.47 Å². The quantitative estimate of drug-likeness (QED) is 0.278. The average Bonchev–Trinajstić information content (AvgIpc) is 3.38. The first-order chi connectivity index (χ1) is 15.7. The van der Waals surface area contributed by atoms with E-state index >= 15 is 0 Å². The lowest BCUT2D eigenvalue weighted by molar-refractivity contribution is 0.00501. The largest absolute Gasteiger partial charge is 0.468 e. The smallest absolute Gasteiger partial charge is 0.195 e. The van der Waals surface area contributed by atoms with Gasteiger partial charge < -0.3 is 9.47 Å². The molecule has 2 heterocycles. The maximum atomic E-state index is 13.5. The van der Waals surface area contributed by atoms with Crippen LogP contribution < -0.4 is 4.74 Å². The van der Waals surface area contributed by atoms with Crippen molar-refractivity contribution in [3.8, 4) is 5.75 Å². The number of pyridine rings is 1. The Morgan fingerprint density at radius 3 is 2.59 bits per heavy atom. The Bertz CT molecular complexity index is 1300. The summed E-state index contributed by atoms with van der Waals surface area (Å²) in [6, 6.07) is 19.3. The molecule has 32 heavy (non-hydrogen) atoms. The number of thiazole rings is 1. The Morgan fingerprint density at radius 1 is 0.969 bits per heavy atom. The van der Waals surface area contributed by atoms with E-state index in [1.807, 2.05) is 67.0 Å². The summed E-state index contributed by atoms with van der Waals surface area (Å²) in [4.78, 5) is 23.1. The second kappa shape index (κ2) is 8.86. The van der Waals surface area contributed by atoms with E-state index in [1.165, 1.54) is 11.3 Å². The molecule has 0 unspecified atom stereocenters. The molecule has 0 atom stereocenters. The van der Waals surface area contributed by atoms with Gasteiger partial charge in [-0.3, -0.25) is 9.78 Å². The molecule has 4 aromatic rings. The number of ketones is 1. The van der Waals surface area contributed by atoms with Gasteiger partial charge in [0.2, 0.25) is 0 Å². The number of fused-ring (bicyclic) bond motifs is 1. The lowest BCUT2D eigenvalue weighted by Crippen LogP contribution is -2.04. The van der Waals surface area contributed by atoms with Crippen LogP contribution in [0.15, 0.2) is 78.6 Å². The van der Waals surface area contributed by atoms with Gasteiger partial charge in [0.05, 0.1) is 22.7 Å². The zero-order chi connectivity index (χ0) is 21.9. The Labute approximate surface area is 190 Å². The highest BCUT2D eigenvalue weighted by Crippen LogP contribution is 2.45. The van der Waals surface area contributed by atoms with Crippen LogP contribution in [0.1, 0.15) is 37.6 Å². The summed E-state index contributed by atoms with van der Waals surface area (Å²) in [6.07, 6.45) is 3.43. The minimum absolute atomic E-state index is 0.0357. The summed E-state index contributed by atoms with van der Waals surface area (Å²) in [7, 11) is 0. The van der Waals surface area contributed by atoms with Gasteiger partial charge in [-0.25, -0.2) is 4.98 Å². The second-order valence-electron chi connectivity index (χ2n) is 7.39. The normalized spacial score (nSPS) is 12.8. The number of rotatable bonds is 7. The number of carbonyl (C=O) groups is 1. The number of carbonyl (C=O) groups excluding carboxylic acids is 1. The highest BCUT2D eigenvalue weighted by atomic mass is 32.1. The van der Waals surface area contributed by atoms with Gasteiger partial charge in [0.25, 0.3) is 0 Å². The first kappa shape index (κ1) is 20.3. The van der Waals surface area contributed by atoms with Crippen molar-refractivity contribution in [2.75, 3.05) is 6.79 Å². The van der Waals surface area contributed by atoms with E-state index in [9.17, 15) is 4.79 Å². The van der Waals surface area contributed by atoms with E-state index in [-0.39, 0.29) is 12.6 Å². The first-order valence-electron chi connectivity index (χ1n) is 10.2. The van der Waals surface area contributed by atoms with Crippen LogP contribution in [0.2, 0.25) is 0 Å². The number of hydrogen-bond donors (Lipinski definition) is 0. The molecular weight excluding hydrogens is 420 g/mol. The third-order valence-electron chi connectivity index (χ3n) is 5.33. The van der Waals surface area contributed by atoms with E-state index in [2.05, 4.69) is 9.97 Å². The van der Waals surface area contributed by atoms with E-state index in [0.717, 1.165) is 32.8 Å². The molecule has 1 aliphatic carbocycles. The van der Waals surface area contributed by atoms with Crippen LogP contribution in [-0.4, -0.2) is 22.5 Å². The predicted octanol–water partition coefficient (Wildman–Crippen LogP) is 5.56. The minimum atomic E-state index is -0.0357. The molecule has 0 radical (unpaired) electrons. The molecule has 5 rings (SSSR count). The highest BCUT2D eigenvalue weighted by molar-refractivity contribution is 7.11. The summed E-state index contributed by atoms with van der Waals surface area (Å²) < 4.78 is 11.4. The number of hydrogen-bond acceptors (Lipinski definition) is 6. The molecule has 0 saturated heterocycles. The SMILES string of the molecule is Cc1ncsc1C1=C(c2cccnc2)C(=O)c2cc(OCOCc3ccccc3)ccc21. The summed E-state index contributed by atoms with van der Waals surface area (Å²) in [5, 5.41) is 0. The van der Waals surface area contributed by atoms with Crippen LogP contribution in [0.25, 0.3) is 11.1 Å².